The van der Waals surface area contributed by atoms with Gasteiger partial charge in [0.2, 0.25) is 0 Å². The first kappa shape index (κ1) is 13.2. The lowest BCUT2D eigenvalue weighted by molar-refractivity contribution is 0.0834. The van der Waals surface area contributed by atoms with E-state index in [1.54, 1.807) is 32.9 Å². The maximum Gasteiger partial charge on any atom is 0.326 e. The summed E-state index contributed by atoms with van der Waals surface area (Å²) in [5, 5.41) is 0.244. The Labute approximate surface area is 111 Å². The van der Waals surface area contributed by atoms with Crippen molar-refractivity contribution in [2.45, 2.75) is 26.8 Å². The number of aryl methyl sites for hydroxylation is 1. The van der Waals surface area contributed by atoms with Crippen LogP contribution >= 0.6 is 11.6 Å². The summed E-state index contributed by atoms with van der Waals surface area (Å²) in [6.45, 7) is 4.98. The third-order valence-electron chi connectivity index (χ3n) is 2.74. The van der Waals surface area contributed by atoms with E-state index >= 15 is 0 Å². The predicted molar refractivity (Wildman–Crippen MR) is 70.0 cm³/mol. The van der Waals surface area contributed by atoms with E-state index in [9.17, 15) is 13.2 Å². The number of hydrogen-bond donors (Lipinski definition) is 1. The Hall–Kier alpha value is -1.27. The van der Waals surface area contributed by atoms with E-state index in [0.717, 1.165) is 4.31 Å². The van der Waals surface area contributed by atoms with Crippen LogP contribution < -0.4 is 4.72 Å². The van der Waals surface area contributed by atoms with Crippen LogP contribution in [0.25, 0.3) is 0 Å². The minimum atomic E-state index is -3.85. The Morgan fingerprint density at radius 3 is 2.50 bits per heavy atom. The van der Waals surface area contributed by atoms with Gasteiger partial charge in [0, 0.05) is 6.04 Å². The molecule has 1 aliphatic rings. The molecule has 7 heteroatoms. The first-order valence-electron chi connectivity index (χ1n) is 5.41. The van der Waals surface area contributed by atoms with Crippen molar-refractivity contribution in [3.8, 4) is 0 Å². The molecule has 0 aliphatic carbocycles. The monoisotopic (exact) mass is 288 g/mol. The largest absolute Gasteiger partial charge is 0.326 e. The van der Waals surface area contributed by atoms with Gasteiger partial charge in [-0.15, -0.1) is 0 Å². The summed E-state index contributed by atoms with van der Waals surface area (Å²) in [7, 11) is -3.85. The zero-order chi connectivity index (χ0) is 13.7. The smallest absolute Gasteiger partial charge is 0.268 e. The number of carbonyl (C=O) groups excluding carboxylic acids is 1. The number of nitrogens with one attached hydrogen (secondary N) is 1. The van der Waals surface area contributed by atoms with Gasteiger partial charge in [0.25, 0.3) is 5.91 Å². The summed E-state index contributed by atoms with van der Waals surface area (Å²) < 4.78 is 27.2. The van der Waals surface area contributed by atoms with Gasteiger partial charge in [0.05, 0.1) is 16.3 Å². The Bertz CT molecular complexity index is 625. The summed E-state index contributed by atoms with van der Waals surface area (Å²) in [5.74, 6) is -0.590. The fraction of sp³-hybridized carbons (Fsp3) is 0.364. The summed E-state index contributed by atoms with van der Waals surface area (Å²) >= 11 is 5.99. The van der Waals surface area contributed by atoms with Gasteiger partial charge in [-0.2, -0.15) is 8.42 Å². The molecule has 0 radical (unpaired) electrons. The topological polar surface area (TPSA) is 66.5 Å². The molecule has 0 saturated heterocycles. The number of nitrogens with zero attached hydrogens (tertiary/aromatic N) is 1. The molecule has 0 fully saturated rings. The Kier molecular flexibility index (Phi) is 3.03. The highest BCUT2D eigenvalue weighted by Gasteiger charge is 2.39. The molecule has 1 aromatic rings. The van der Waals surface area contributed by atoms with Gasteiger partial charge in [-0.05, 0) is 32.4 Å². The highest BCUT2D eigenvalue weighted by atomic mass is 35.5. The van der Waals surface area contributed by atoms with Crippen LogP contribution in [0.3, 0.4) is 0 Å². The van der Waals surface area contributed by atoms with Crippen LogP contribution in [0.5, 0.6) is 0 Å². The molecule has 5 nitrogen and oxygen atoms in total. The van der Waals surface area contributed by atoms with Gasteiger partial charge in [-0.1, -0.05) is 17.7 Å². The van der Waals surface area contributed by atoms with Crippen LogP contribution in [0.4, 0.5) is 5.69 Å². The maximum atomic E-state index is 12.3. The normalized spacial score (nSPS) is 17.6. The van der Waals surface area contributed by atoms with E-state index in [1.807, 2.05) is 0 Å². The molecule has 18 heavy (non-hydrogen) atoms. The molecule has 98 valence electrons. The second-order valence-electron chi connectivity index (χ2n) is 4.42. The molecule has 0 unspecified atom stereocenters. The molecule has 0 aromatic heterocycles. The first-order valence-corrected chi connectivity index (χ1v) is 7.23. The van der Waals surface area contributed by atoms with E-state index in [1.165, 1.54) is 0 Å². The molecular weight excluding hydrogens is 276 g/mol. The highest BCUT2D eigenvalue weighted by Crippen LogP contribution is 2.35. The number of carbonyl (C=O) groups is 1. The Morgan fingerprint density at radius 2 is 1.94 bits per heavy atom. The highest BCUT2D eigenvalue weighted by molar-refractivity contribution is 7.91. The number of anilines is 1. The third-order valence-corrected chi connectivity index (χ3v) is 4.62. The van der Waals surface area contributed by atoms with Crippen molar-refractivity contribution in [2.75, 3.05) is 4.72 Å². The Morgan fingerprint density at radius 1 is 1.33 bits per heavy atom. The van der Waals surface area contributed by atoms with E-state index in [0.29, 0.717) is 5.56 Å². The van der Waals surface area contributed by atoms with E-state index in [4.69, 9.17) is 11.6 Å². The van der Waals surface area contributed by atoms with Crippen molar-refractivity contribution in [2.24, 2.45) is 0 Å². The number of halogens is 1. The zero-order valence-electron chi connectivity index (χ0n) is 10.2. The Balaban J connectivity index is 2.73. The average molecular weight is 289 g/mol. The van der Waals surface area contributed by atoms with Crippen LogP contribution in [0.1, 0.15) is 29.8 Å². The fourth-order valence-electron chi connectivity index (χ4n) is 1.93. The zero-order valence-corrected chi connectivity index (χ0v) is 11.8. The summed E-state index contributed by atoms with van der Waals surface area (Å²) in [6.07, 6.45) is 0. The lowest BCUT2D eigenvalue weighted by atomic mass is 10.1. The number of benzene rings is 1. The summed E-state index contributed by atoms with van der Waals surface area (Å²) in [6, 6.07) is 2.79. The number of amides is 1. The molecule has 0 bridgehead atoms. The molecule has 0 atom stereocenters. The number of fused-ring (bicyclic) bond motifs is 1. The number of rotatable bonds is 1. The van der Waals surface area contributed by atoms with E-state index in [2.05, 4.69) is 4.72 Å². The standard InChI is InChI=1S/C11H13ClN2O3S/c1-6(2)14-11(15)9-8(12)5-4-7(3)10(9)13-18(14,16)17/h4-6,13H,1-3H3. The van der Waals surface area contributed by atoms with Crippen LogP contribution in [0.15, 0.2) is 12.1 Å². The first-order chi connectivity index (χ1) is 8.25. The molecule has 1 heterocycles. The quantitative estimate of drug-likeness (QED) is 0.861. The van der Waals surface area contributed by atoms with Crippen LogP contribution in [-0.4, -0.2) is 24.7 Å². The summed E-state index contributed by atoms with van der Waals surface area (Å²) in [4.78, 5) is 12.3. The lowest BCUT2D eigenvalue weighted by Crippen LogP contribution is -2.48. The number of hydrogen-bond acceptors (Lipinski definition) is 3. The fourth-order valence-corrected chi connectivity index (χ4v) is 3.65. The van der Waals surface area contributed by atoms with Gasteiger partial charge in [0.1, 0.15) is 0 Å². The summed E-state index contributed by atoms with van der Waals surface area (Å²) in [5.41, 5.74) is 1.14. The van der Waals surface area contributed by atoms with Gasteiger partial charge in [0.15, 0.2) is 0 Å². The van der Waals surface area contributed by atoms with Crippen molar-refractivity contribution in [3.05, 3.63) is 28.3 Å². The van der Waals surface area contributed by atoms with Crippen molar-refractivity contribution in [1.82, 2.24) is 4.31 Å². The molecule has 1 aromatic carbocycles. The molecule has 1 aliphatic heterocycles. The molecule has 0 saturated carbocycles. The molecule has 1 N–H and O–H groups in total. The SMILES string of the molecule is Cc1ccc(Cl)c2c1NS(=O)(=O)N(C(C)C)C2=O. The molecular formula is C11H13ClN2O3S. The van der Waals surface area contributed by atoms with Crippen molar-refractivity contribution < 1.29 is 13.2 Å². The van der Waals surface area contributed by atoms with Crippen LogP contribution in [0.2, 0.25) is 5.02 Å². The second-order valence-corrected chi connectivity index (χ2v) is 6.37. The minimum absolute atomic E-state index is 0.209. The molecule has 0 spiro atoms. The minimum Gasteiger partial charge on any atom is -0.268 e. The van der Waals surface area contributed by atoms with Crippen molar-refractivity contribution in [1.29, 1.82) is 0 Å². The van der Waals surface area contributed by atoms with Gasteiger partial charge < -0.3 is 0 Å². The van der Waals surface area contributed by atoms with E-state index in [-0.39, 0.29) is 16.3 Å². The average Bonchev–Trinajstić information content (AvgIpc) is 2.21. The van der Waals surface area contributed by atoms with Crippen LogP contribution in [-0.2, 0) is 10.2 Å². The third kappa shape index (κ3) is 1.85. The van der Waals surface area contributed by atoms with Gasteiger partial charge in [-0.25, -0.2) is 4.31 Å². The van der Waals surface area contributed by atoms with E-state index < -0.39 is 22.2 Å². The van der Waals surface area contributed by atoms with Crippen molar-refractivity contribution >= 4 is 33.4 Å². The lowest BCUT2D eigenvalue weighted by Gasteiger charge is -2.32. The molecule has 2 rings (SSSR count). The van der Waals surface area contributed by atoms with Crippen molar-refractivity contribution in [3.63, 3.8) is 0 Å². The van der Waals surface area contributed by atoms with Gasteiger partial charge >= 0.3 is 10.2 Å². The van der Waals surface area contributed by atoms with Crippen LogP contribution in [0, 0.1) is 6.92 Å². The second kappa shape index (κ2) is 4.13. The molecule has 1 amide bonds. The maximum absolute atomic E-state index is 12.3. The van der Waals surface area contributed by atoms with Gasteiger partial charge in [-0.3, -0.25) is 9.52 Å². The predicted octanol–water partition coefficient (Wildman–Crippen LogP) is 2.17.